The third-order valence-electron chi connectivity index (χ3n) is 4.33. The highest BCUT2D eigenvalue weighted by Crippen LogP contribution is 2.23. The zero-order chi connectivity index (χ0) is 18.7. The highest BCUT2D eigenvalue weighted by atomic mass is 16.5. The van der Waals surface area contributed by atoms with Crippen molar-refractivity contribution in [3.63, 3.8) is 0 Å². The van der Waals surface area contributed by atoms with Crippen molar-refractivity contribution in [1.29, 1.82) is 0 Å². The van der Waals surface area contributed by atoms with Gasteiger partial charge < -0.3 is 14.6 Å². The molecule has 0 fully saturated rings. The number of ether oxygens (including phenoxy) is 1. The third kappa shape index (κ3) is 3.77. The summed E-state index contributed by atoms with van der Waals surface area (Å²) < 4.78 is 7.15. The molecule has 5 heteroatoms. The van der Waals surface area contributed by atoms with Crippen molar-refractivity contribution in [2.75, 3.05) is 7.11 Å². The Labute approximate surface area is 153 Å². The zero-order valence-corrected chi connectivity index (χ0v) is 15.5. The summed E-state index contributed by atoms with van der Waals surface area (Å²) >= 11 is 0. The Bertz CT molecular complexity index is 893. The molecule has 1 unspecified atom stereocenters. The van der Waals surface area contributed by atoms with Gasteiger partial charge in [0.1, 0.15) is 17.6 Å². The zero-order valence-electron chi connectivity index (χ0n) is 15.5. The molecular weight excluding hydrogens is 326 g/mol. The van der Waals surface area contributed by atoms with E-state index in [4.69, 9.17) is 4.74 Å². The molecule has 0 aliphatic carbocycles. The van der Waals surface area contributed by atoms with Gasteiger partial charge >= 0.3 is 0 Å². The van der Waals surface area contributed by atoms with Crippen LogP contribution in [0.2, 0.25) is 0 Å². The van der Waals surface area contributed by atoms with Gasteiger partial charge in [-0.05, 0) is 43.7 Å². The lowest BCUT2D eigenvalue weighted by Gasteiger charge is -2.20. The molecule has 0 saturated carbocycles. The number of hydrogen-bond donors (Lipinski definition) is 1. The number of aryl methyl sites for hydroxylation is 3. The van der Waals surface area contributed by atoms with Gasteiger partial charge in [0.2, 0.25) is 0 Å². The molecule has 0 aliphatic heterocycles. The summed E-state index contributed by atoms with van der Waals surface area (Å²) in [6.45, 7) is 3.98. The molecule has 134 valence electrons. The minimum absolute atomic E-state index is 0.124. The van der Waals surface area contributed by atoms with Crippen molar-refractivity contribution >= 4 is 5.91 Å². The molecule has 26 heavy (non-hydrogen) atoms. The monoisotopic (exact) mass is 349 g/mol. The topological polar surface area (TPSA) is 56.1 Å². The maximum absolute atomic E-state index is 12.9. The number of nitrogens with one attached hydrogen (secondary N) is 1. The summed E-state index contributed by atoms with van der Waals surface area (Å²) in [4.78, 5) is 17.3. The number of benzene rings is 2. The summed E-state index contributed by atoms with van der Waals surface area (Å²) in [7, 11) is 3.55. The van der Waals surface area contributed by atoms with Gasteiger partial charge in [0.05, 0.1) is 7.11 Å². The number of rotatable bonds is 5. The number of imidazole rings is 1. The van der Waals surface area contributed by atoms with Crippen molar-refractivity contribution in [3.05, 3.63) is 82.9 Å². The predicted octanol–water partition coefficient (Wildman–Crippen LogP) is 3.56. The van der Waals surface area contributed by atoms with Gasteiger partial charge in [0.25, 0.3) is 5.91 Å². The van der Waals surface area contributed by atoms with Crippen LogP contribution in [0.5, 0.6) is 5.75 Å². The lowest BCUT2D eigenvalue weighted by molar-refractivity contribution is 0.0941. The van der Waals surface area contributed by atoms with Crippen LogP contribution >= 0.6 is 0 Å². The smallest absolute Gasteiger partial charge is 0.252 e. The Morgan fingerprint density at radius 2 is 1.77 bits per heavy atom. The van der Waals surface area contributed by atoms with Gasteiger partial charge in [0.15, 0.2) is 0 Å². The van der Waals surface area contributed by atoms with E-state index in [1.807, 2.05) is 68.1 Å². The van der Waals surface area contributed by atoms with Crippen LogP contribution in [-0.2, 0) is 7.05 Å². The molecule has 1 aromatic heterocycles. The van der Waals surface area contributed by atoms with E-state index >= 15 is 0 Å². The average molecular weight is 349 g/mol. The fraction of sp³-hybridized carbons (Fsp3) is 0.238. The lowest BCUT2D eigenvalue weighted by atomic mass is 10.0. The fourth-order valence-electron chi connectivity index (χ4n) is 3.07. The molecule has 0 spiro atoms. The Morgan fingerprint density at radius 1 is 1.12 bits per heavy atom. The van der Waals surface area contributed by atoms with E-state index in [-0.39, 0.29) is 11.9 Å². The number of carbonyl (C=O) groups is 1. The summed E-state index contributed by atoms with van der Waals surface area (Å²) in [5, 5.41) is 3.12. The van der Waals surface area contributed by atoms with Crippen LogP contribution in [0, 0.1) is 13.8 Å². The van der Waals surface area contributed by atoms with E-state index in [1.165, 1.54) is 0 Å². The number of aromatic nitrogens is 2. The molecule has 5 nitrogen and oxygen atoms in total. The van der Waals surface area contributed by atoms with E-state index in [0.29, 0.717) is 5.56 Å². The quantitative estimate of drug-likeness (QED) is 0.766. The first-order valence-electron chi connectivity index (χ1n) is 8.48. The number of carbonyl (C=O) groups excluding carboxylic acids is 1. The summed E-state index contributed by atoms with van der Waals surface area (Å²) in [6.07, 6.45) is 3.60. The standard InChI is InChI=1S/C21H23N3O2/c1-14-11-15(2)13-17(12-14)21(25)23-19(20-22-9-10-24(20)3)16-5-7-18(26-4)8-6-16/h5-13,19H,1-4H3,(H,23,25). The minimum Gasteiger partial charge on any atom is -0.497 e. The third-order valence-corrected chi connectivity index (χ3v) is 4.33. The van der Waals surface area contributed by atoms with Crippen LogP contribution in [0.3, 0.4) is 0 Å². The normalized spacial score (nSPS) is 11.8. The predicted molar refractivity (Wildman–Crippen MR) is 101 cm³/mol. The first kappa shape index (κ1) is 17.7. The van der Waals surface area contributed by atoms with E-state index in [1.54, 1.807) is 13.3 Å². The Morgan fingerprint density at radius 3 is 2.31 bits per heavy atom. The summed E-state index contributed by atoms with van der Waals surface area (Å²) in [5.41, 5.74) is 3.72. The van der Waals surface area contributed by atoms with E-state index < -0.39 is 0 Å². The molecule has 2 aromatic carbocycles. The SMILES string of the molecule is COc1ccc(C(NC(=O)c2cc(C)cc(C)c2)c2nccn2C)cc1. The van der Waals surface area contributed by atoms with Gasteiger partial charge in [-0.3, -0.25) is 4.79 Å². The molecule has 3 rings (SSSR count). The maximum Gasteiger partial charge on any atom is 0.252 e. The Balaban J connectivity index is 1.95. The minimum atomic E-state index is -0.353. The number of amides is 1. The summed E-state index contributed by atoms with van der Waals surface area (Å²) in [6, 6.07) is 13.1. The lowest BCUT2D eigenvalue weighted by Crippen LogP contribution is -2.31. The van der Waals surface area contributed by atoms with Crippen LogP contribution in [0.4, 0.5) is 0 Å². The number of hydrogen-bond acceptors (Lipinski definition) is 3. The molecular formula is C21H23N3O2. The van der Waals surface area contributed by atoms with Crippen molar-refractivity contribution in [1.82, 2.24) is 14.9 Å². The second-order valence-electron chi connectivity index (χ2n) is 6.45. The highest BCUT2D eigenvalue weighted by Gasteiger charge is 2.21. The first-order chi connectivity index (χ1) is 12.5. The van der Waals surface area contributed by atoms with Crippen molar-refractivity contribution in [2.24, 2.45) is 7.05 Å². The largest absolute Gasteiger partial charge is 0.497 e. The van der Waals surface area contributed by atoms with Crippen molar-refractivity contribution < 1.29 is 9.53 Å². The first-order valence-corrected chi connectivity index (χ1v) is 8.48. The van der Waals surface area contributed by atoms with E-state index in [9.17, 15) is 4.79 Å². The van der Waals surface area contributed by atoms with Gasteiger partial charge in [-0.1, -0.05) is 29.3 Å². The van der Waals surface area contributed by atoms with Crippen LogP contribution in [0.1, 0.15) is 38.9 Å². The average Bonchev–Trinajstić information content (AvgIpc) is 3.04. The second-order valence-corrected chi connectivity index (χ2v) is 6.45. The van der Waals surface area contributed by atoms with E-state index in [0.717, 1.165) is 28.3 Å². The van der Waals surface area contributed by atoms with E-state index in [2.05, 4.69) is 16.4 Å². The molecule has 1 atom stereocenters. The molecule has 0 bridgehead atoms. The molecule has 0 saturated heterocycles. The molecule has 0 radical (unpaired) electrons. The number of methoxy groups -OCH3 is 1. The van der Waals surface area contributed by atoms with Crippen LogP contribution in [0.15, 0.2) is 54.9 Å². The number of nitrogens with zero attached hydrogens (tertiary/aromatic N) is 2. The molecule has 1 heterocycles. The fourth-order valence-corrected chi connectivity index (χ4v) is 3.07. The van der Waals surface area contributed by atoms with Crippen molar-refractivity contribution in [3.8, 4) is 5.75 Å². The molecule has 1 N–H and O–H groups in total. The van der Waals surface area contributed by atoms with Crippen LogP contribution < -0.4 is 10.1 Å². The molecule has 0 aliphatic rings. The molecule has 1 amide bonds. The van der Waals surface area contributed by atoms with Crippen LogP contribution in [0.25, 0.3) is 0 Å². The van der Waals surface area contributed by atoms with Gasteiger partial charge in [-0.25, -0.2) is 4.98 Å². The summed E-state index contributed by atoms with van der Waals surface area (Å²) in [5.74, 6) is 1.42. The van der Waals surface area contributed by atoms with Crippen molar-refractivity contribution in [2.45, 2.75) is 19.9 Å². The maximum atomic E-state index is 12.9. The molecule has 3 aromatic rings. The van der Waals surface area contributed by atoms with Gasteiger partial charge in [-0.2, -0.15) is 0 Å². The second kappa shape index (κ2) is 7.44. The Hall–Kier alpha value is -3.08. The van der Waals surface area contributed by atoms with Gasteiger partial charge in [0, 0.05) is 25.0 Å². The van der Waals surface area contributed by atoms with Gasteiger partial charge in [-0.15, -0.1) is 0 Å². The van der Waals surface area contributed by atoms with Crippen LogP contribution in [-0.4, -0.2) is 22.6 Å². The highest BCUT2D eigenvalue weighted by molar-refractivity contribution is 5.95. The Kier molecular flexibility index (Phi) is 5.07.